The van der Waals surface area contributed by atoms with Crippen molar-refractivity contribution in [2.24, 2.45) is 0 Å². The lowest BCUT2D eigenvalue weighted by Crippen LogP contribution is -2.13. The van der Waals surface area contributed by atoms with E-state index < -0.39 is 0 Å². The van der Waals surface area contributed by atoms with Gasteiger partial charge in [-0.1, -0.05) is 146 Å². The van der Waals surface area contributed by atoms with E-state index in [2.05, 4.69) is 205 Å². The molecule has 0 aliphatic rings. The van der Waals surface area contributed by atoms with E-state index in [1.54, 1.807) is 0 Å². The Morgan fingerprint density at radius 3 is 1.65 bits per heavy atom. The average molecular weight is 736 g/mol. The van der Waals surface area contributed by atoms with Crippen LogP contribution in [0.25, 0.3) is 84.5 Å². The summed E-state index contributed by atoms with van der Waals surface area (Å²) < 4.78 is 5.20. The molecule has 258 valence electrons. The molecule has 0 amide bonds. The minimum Gasteiger partial charge on any atom is -0.309 e. The molecular weight excluding hydrogens is 703 g/mol. The standard InChI is InChI=1S/C52H33NS2/c1-2-15-35-32-36(29-28-34(35)14-1)38-16-3-4-18-40(38)41-19-6-10-23-46(41)53(47-24-13-27-51-52(47)43-21-8-12-26-49(43)55-51)45-22-9-5-17-39(45)37-30-31-50-44(33-37)42-20-7-11-25-48(42)54-50/h1-33H. The number of hydrogen-bond acceptors (Lipinski definition) is 3. The van der Waals surface area contributed by atoms with E-state index in [4.69, 9.17) is 0 Å². The van der Waals surface area contributed by atoms with E-state index >= 15 is 0 Å². The van der Waals surface area contributed by atoms with Gasteiger partial charge in [-0.15, -0.1) is 22.7 Å². The second-order valence-corrected chi connectivity index (χ2v) is 16.2. The van der Waals surface area contributed by atoms with Crippen molar-refractivity contribution in [1.82, 2.24) is 0 Å². The van der Waals surface area contributed by atoms with Crippen LogP contribution in [0.2, 0.25) is 0 Å². The van der Waals surface area contributed by atoms with Gasteiger partial charge in [0.05, 0.1) is 17.1 Å². The van der Waals surface area contributed by atoms with Gasteiger partial charge >= 0.3 is 0 Å². The largest absolute Gasteiger partial charge is 0.309 e. The molecule has 0 atom stereocenters. The molecule has 3 heteroatoms. The Kier molecular flexibility index (Phi) is 7.61. The summed E-state index contributed by atoms with van der Waals surface area (Å²) in [5.74, 6) is 0. The minimum absolute atomic E-state index is 1.13. The maximum Gasteiger partial charge on any atom is 0.0555 e. The highest BCUT2D eigenvalue weighted by Crippen LogP contribution is 2.50. The summed E-state index contributed by atoms with van der Waals surface area (Å²) in [6.45, 7) is 0. The molecule has 55 heavy (non-hydrogen) atoms. The fourth-order valence-corrected chi connectivity index (χ4v) is 10.6. The summed E-state index contributed by atoms with van der Waals surface area (Å²) >= 11 is 3.73. The number of thiophene rings is 2. The smallest absolute Gasteiger partial charge is 0.0555 e. The molecule has 0 aliphatic heterocycles. The van der Waals surface area contributed by atoms with Crippen LogP contribution in [0.3, 0.4) is 0 Å². The van der Waals surface area contributed by atoms with Gasteiger partial charge in [0.1, 0.15) is 0 Å². The first-order valence-electron chi connectivity index (χ1n) is 18.7. The molecule has 0 saturated heterocycles. The van der Waals surface area contributed by atoms with Crippen LogP contribution in [0.1, 0.15) is 0 Å². The van der Waals surface area contributed by atoms with E-state index in [1.165, 1.54) is 90.2 Å². The number of hydrogen-bond donors (Lipinski definition) is 0. The SMILES string of the molecule is c1ccc(-c2ccccc2N(c2ccccc2-c2ccc3sc4ccccc4c3c2)c2cccc3sc4ccccc4c23)c(-c2ccc3ccccc3c2)c1. The van der Waals surface area contributed by atoms with Crippen LogP contribution in [-0.2, 0) is 0 Å². The number of fused-ring (bicyclic) bond motifs is 7. The molecule has 9 aromatic carbocycles. The maximum absolute atomic E-state index is 2.53. The lowest BCUT2D eigenvalue weighted by Gasteiger charge is -2.31. The highest BCUT2D eigenvalue weighted by atomic mass is 32.1. The third-order valence-electron chi connectivity index (χ3n) is 10.9. The van der Waals surface area contributed by atoms with Gasteiger partial charge in [0.15, 0.2) is 0 Å². The lowest BCUT2D eigenvalue weighted by atomic mass is 9.91. The van der Waals surface area contributed by atoms with Crippen LogP contribution >= 0.6 is 22.7 Å². The van der Waals surface area contributed by atoms with Crippen molar-refractivity contribution in [2.45, 2.75) is 0 Å². The van der Waals surface area contributed by atoms with Gasteiger partial charge in [-0.05, 0) is 87.6 Å². The Balaban J connectivity index is 1.19. The summed E-state index contributed by atoms with van der Waals surface area (Å²) in [7, 11) is 0. The summed E-state index contributed by atoms with van der Waals surface area (Å²) in [5, 5.41) is 7.65. The predicted octanol–water partition coefficient (Wildman–Crippen LogP) is 16.0. The van der Waals surface area contributed by atoms with E-state index in [-0.39, 0.29) is 0 Å². The molecule has 0 bridgehead atoms. The average Bonchev–Trinajstić information content (AvgIpc) is 3.83. The topological polar surface area (TPSA) is 3.24 Å². The highest BCUT2D eigenvalue weighted by molar-refractivity contribution is 7.26. The Morgan fingerprint density at radius 1 is 0.291 bits per heavy atom. The molecule has 2 aromatic heterocycles. The van der Waals surface area contributed by atoms with E-state index in [1.807, 2.05) is 22.7 Å². The van der Waals surface area contributed by atoms with Gasteiger partial charge in [-0.2, -0.15) is 0 Å². The molecule has 0 saturated carbocycles. The Morgan fingerprint density at radius 2 is 0.818 bits per heavy atom. The van der Waals surface area contributed by atoms with Gasteiger partial charge in [0.2, 0.25) is 0 Å². The zero-order valence-electron chi connectivity index (χ0n) is 29.8. The molecule has 0 aliphatic carbocycles. The van der Waals surface area contributed by atoms with E-state index in [0.29, 0.717) is 0 Å². The second-order valence-electron chi connectivity index (χ2n) is 14.0. The number of para-hydroxylation sites is 2. The third kappa shape index (κ3) is 5.35. The van der Waals surface area contributed by atoms with Crippen LogP contribution in [0.5, 0.6) is 0 Å². The number of rotatable bonds is 6. The maximum atomic E-state index is 2.53. The predicted molar refractivity (Wildman–Crippen MR) is 241 cm³/mol. The molecule has 11 rings (SSSR count). The van der Waals surface area contributed by atoms with Crippen molar-refractivity contribution in [3.8, 4) is 33.4 Å². The molecule has 0 unspecified atom stereocenters. The summed E-state index contributed by atoms with van der Waals surface area (Å²) in [6, 6.07) is 73.6. The molecule has 0 spiro atoms. The van der Waals surface area contributed by atoms with Crippen molar-refractivity contribution < 1.29 is 0 Å². The first-order valence-corrected chi connectivity index (χ1v) is 20.3. The minimum atomic E-state index is 1.13. The molecule has 1 nitrogen and oxygen atoms in total. The number of nitrogens with zero attached hydrogens (tertiary/aromatic N) is 1. The number of anilines is 3. The molecule has 0 radical (unpaired) electrons. The highest BCUT2D eigenvalue weighted by Gasteiger charge is 2.24. The number of benzene rings is 9. The Hall–Kier alpha value is -6.52. The normalized spacial score (nSPS) is 11.6. The molecule has 11 aromatic rings. The van der Waals surface area contributed by atoms with Crippen molar-refractivity contribution in [2.75, 3.05) is 4.90 Å². The van der Waals surface area contributed by atoms with Crippen LogP contribution in [0.4, 0.5) is 17.1 Å². The monoisotopic (exact) mass is 735 g/mol. The zero-order valence-corrected chi connectivity index (χ0v) is 31.4. The first kappa shape index (κ1) is 32.0. The summed E-state index contributed by atoms with van der Waals surface area (Å²) in [6.07, 6.45) is 0. The van der Waals surface area contributed by atoms with Gasteiger partial charge in [0.25, 0.3) is 0 Å². The Bertz CT molecular complexity index is 3240. The van der Waals surface area contributed by atoms with E-state index in [0.717, 1.165) is 11.4 Å². The zero-order chi connectivity index (χ0) is 36.3. The van der Waals surface area contributed by atoms with Gasteiger partial charge in [0, 0.05) is 51.5 Å². The van der Waals surface area contributed by atoms with Crippen molar-refractivity contribution in [3.63, 3.8) is 0 Å². The summed E-state index contributed by atoms with van der Waals surface area (Å²) in [4.78, 5) is 2.53. The van der Waals surface area contributed by atoms with Crippen LogP contribution in [0.15, 0.2) is 200 Å². The second kappa shape index (κ2) is 13.1. The molecule has 2 heterocycles. The lowest BCUT2D eigenvalue weighted by molar-refractivity contribution is 1.30. The molecule has 0 N–H and O–H groups in total. The molecular formula is C52H33NS2. The summed E-state index contributed by atoms with van der Waals surface area (Å²) in [5.41, 5.74) is 10.6. The Labute approximate surface area is 327 Å². The third-order valence-corrected chi connectivity index (χ3v) is 13.2. The van der Waals surface area contributed by atoms with Crippen molar-refractivity contribution in [3.05, 3.63) is 200 Å². The fraction of sp³-hybridized carbons (Fsp3) is 0. The van der Waals surface area contributed by atoms with Crippen molar-refractivity contribution >= 4 is 90.9 Å². The van der Waals surface area contributed by atoms with Crippen molar-refractivity contribution in [1.29, 1.82) is 0 Å². The fourth-order valence-electron chi connectivity index (χ4n) is 8.36. The van der Waals surface area contributed by atoms with Gasteiger partial charge in [-0.3, -0.25) is 0 Å². The van der Waals surface area contributed by atoms with Crippen LogP contribution in [0, 0.1) is 0 Å². The molecule has 0 fully saturated rings. The van der Waals surface area contributed by atoms with Gasteiger partial charge < -0.3 is 4.90 Å². The first-order chi connectivity index (χ1) is 27.3. The van der Waals surface area contributed by atoms with E-state index in [9.17, 15) is 0 Å². The van der Waals surface area contributed by atoms with Gasteiger partial charge in [-0.25, -0.2) is 0 Å². The van der Waals surface area contributed by atoms with Crippen LogP contribution < -0.4 is 4.90 Å². The quantitative estimate of drug-likeness (QED) is 0.164. The van der Waals surface area contributed by atoms with Crippen LogP contribution in [-0.4, -0.2) is 0 Å².